The number of aliphatic hydroxyl groups excluding tert-OH is 1. The second-order valence-corrected chi connectivity index (χ2v) is 4.71. The predicted molar refractivity (Wildman–Crippen MR) is 61.5 cm³/mol. The van der Waals surface area contributed by atoms with Crippen molar-refractivity contribution >= 4 is 0 Å². The Labute approximate surface area is 91.2 Å². The van der Waals surface area contributed by atoms with E-state index in [0.29, 0.717) is 5.92 Å². The maximum absolute atomic E-state index is 9.92. The molecule has 0 aromatic carbocycles. The lowest BCUT2D eigenvalue weighted by Gasteiger charge is -2.05. The van der Waals surface area contributed by atoms with Crippen LogP contribution in [0.2, 0.25) is 0 Å². The topological polar surface area (TPSA) is 25.2 Å². The molecule has 1 saturated carbocycles. The van der Waals surface area contributed by atoms with Gasteiger partial charge < -0.3 is 9.67 Å². The zero-order chi connectivity index (χ0) is 10.8. The summed E-state index contributed by atoms with van der Waals surface area (Å²) < 4.78 is 2.12. The van der Waals surface area contributed by atoms with Gasteiger partial charge in [-0.3, -0.25) is 0 Å². The van der Waals surface area contributed by atoms with Crippen molar-refractivity contribution < 1.29 is 5.11 Å². The van der Waals surface area contributed by atoms with E-state index in [-0.39, 0.29) is 6.10 Å². The summed E-state index contributed by atoms with van der Waals surface area (Å²) >= 11 is 0. The van der Waals surface area contributed by atoms with Crippen LogP contribution in [0.5, 0.6) is 0 Å². The number of aliphatic hydroxyl groups is 1. The maximum Gasteiger partial charge on any atom is 0.0832 e. The number of rotatable bonds is 4. The van der Waals surface area contributed by atoms with Crippen LogP contribution in [-0.2, 0) is 6.54 Å². The van der Waals surface area contributed by atoms with Gasteiger partial charge in [-0.05, 0) is 44.2 Å². The number of hydrogen-bond donors (Lipinski definition) is 1. The van der Waals surface area contributed by atoms with Crippen LogP contribution in [0, 0.1) is 5.92 Å². The van der Waals surface area contributed by atoms with Gasteiger partial charge in [-0.15, -0.1) is 0 Å². The van der Waals surface area contributed by atoms with Crippen LogP contribution in [0.1, 0.15) is 38.4 Å². The lowest BCUT2D eigenvalue weighted by Crippen LogP contribution is -1.98. The van der Waals surface area contributed by atoms with E-state index in [2.05, 4.69) is 30.7 Å². The first-order valence-corrected chi connectivity index (χ1v) is 5.64. The fourth-order valence-corrected chi connectivity index (χ4v) is 1.72. The Morgan fingerprint density at radius 2 is 2.33 bits per heavy atom. The lowest BCUT2D eigenvalue weighted by atomic mass is 10.1. The van der Waals surface area contributed by atoms with E-state index in [1.165, 1.54) is 18.4 Å². The van der Waals surface area contributed by atoms with Gasteiger partial charge in [0, 0.05) is 18.9 Å². The Bertz CT molecular complexity index is 356. The van der Waals surface area contributed by atoms with E-state index in [0.717, 1.165) is 12.1 Å². The highest BCUT2D eigenvalue weighted by atomic mass is 16.3. The molecule has 1 fully saturated rings. The fraction of sp³-hybridized carbons (Fsp3) is 0.538. The van der Waals surface area contributed by atoms with Crippen molar-refractivity contribution in [2.75, 3.05) is 0 Å². The molecule has 82 valence electrons. The average molecular weight is 205 g/mol. The van der Waals surface area contributed by atoms with Crippen molar-refractivity contribution in [2.45, 2.75) is 39.3 Å². The summed E-state index contributed by atoms with van der Waals surface area (Å²) in [4.78, 5) is 0. The molecule has 1 aromatic heterocycles. The van der Waals surface area contributed by atoms with Crippen LogP contribution in [0.15, 0.2) is 30.1 Å². The molecule has 1 unspecified atom stereocenters. The van der Waals surface area contributed by atoms with Crippen LogP contribution in [0.25, 0.3) is 0 Å². The molecule has 2 heteroatoms. The molecular weight excluding hydrogens is 186 g/mol. The summed E-state index contributed by atoms with van der Waals surface area (Å²) in [5.74, 6) is 0.518. The molecule has 1 aliphatic carbocycles. The fourth-order valence-electron chi connectivity index (χ4n) is 1.72. The Hall–Kier alpha value is -1.02. The molecule has 1 N–H and O–H groups in total. The molecule has 1 heterocycles. The van der Waals surface area contributed by atoms with Gasteiger partial charge in [0.1, 0.15) is 0 Å². The highest BCUT2D eigenvalue weighted by molar-refractivity contribution is 5.16. The molecule has 1 aromatic rings. The third-order valence-electron chi connectivity index (χ3n) is 2.89. The van der Waals surface area contributed by atoms with E-state index >= 15 is 0 Å². The molecule has 0 aliphatic heterocycles. The summed E-state index contributed by atoms with van der Waals surface area (Å²) in [5.41, 5.74) is 2.40. The highest BCUT2D eigenvalue weighted by Gasteiger charge is 2.30. The van der Waals surface area contributed by atoms with Crippen molar-refractivity contribution in [1.29, 1.82) is 0 Å². The van der Waals surface area contributed by atoms with Crippen molar-refractivity contribution in [2.24, 2.45) is 5.92 Å². The summed E-state index contributed by atoms with van der Waals surface area (Å²) in [5, 5.41) is 9.92. The normalized spacial score (nSPS) is 17.5. The monoisotopic (exact) mass is 205 g/mol. The van der Waals surface area contributed by atoms with Gasteiger partial charge in [-0.2, -0.15) is 0 Å². The molecule has 1 atom stereocenters. The predicted octanol–water partition coefficient (Wildman–Crippen LogP) is 2.90. The Morgan fingerprint density at radius 1 is 1.60 bits per heavy atom. The van der Waals surface area contributed by atoms with Crippen molar-refractivity contribution in [1.82, 2.24) is 4.57 Å². The molecule has 0 bridgehead atoms. The molecule has 0 saturated heterocycles. The summed E-state index contributed by atoms with van der Waals surface area (Å²) in [6.45, 7) is 5.10. The quantitative estimate of drug-likeness (QED) is 0.751. The van der Waals surface area contributed by atoms with E-state index in [1.807, 2.05) is 12.3 Å². The van der Waals surface area contributed by atoms with Gasteiger partial charge in [0.25, 0.3) is 0 Å². The Kier molecular flexibility index (Phi) is 2.96. The van der Waals surface area contributed by atoms with Crippen molar-refractivity contribution in [3.63, 3.8) is 0 Å². The molecule has 1 aliphatic rings. The smallest absolute Gasteiger partial charge is 0.0832 e. The maximum atomic E-state index is 9.92. The van der Waals surface area contributed by atoms with E-state index in [4.69, 9.17) is 0 Å². The first kappa shape index (κ1) is 10.5. The number of nitrogens with zero attached hydrogens (tertiary/aromatic N) is 1. The van der Waals surface area contributed by atoms with Gasteiger partial charge in [0.05, 0.1) is 6.10 Å². The van der Waals surface area contributed by atoms with Crippen molar-refractivity contribution in [3.05, 3.63) is 35.7 Å². The largest absolute Gasteiger partial charge is 0.388 e. The Balaban J connectivity index is 2.00. The minimum atomic E-state index is -0.238. The molecule has 15 heavy (non-hydrogen) atoms. The van der Waals surface area contributed by atoms with Crippen LogP contribution in [-0.4, -0.2) is 9.67 Å². The van der Waals surface area contributed by atoms with E-state index < -0.39 is 0 Å². The van der Waals surface area contributed by atoms with Crippen LogP contribution in [0.3, 0.4) is 0 Å². The summed E-state index contributed by atoms with van der Waals surface area (Å²) in [6, 6.07) is 2.03. The SMILES string of the molecule is CC(C)=CCn1ccc(C(O)C2CC2)c1. The number of aromatic nitrogens is 1. The molecule has 0 spiro atoms. The second-order valence-electron chi connectivity index (χ2n) is 4.71. The second kappa shape index (κ2) is 4.23. The van der Waals surface area contributed by atoms with Crippen LogP contribution >= 0.6 is 0 Å². The standard InChI is InChI=1S/C13H19NO/c1-10(2)5-7-14-8-6-12(9-14)13(15)11-3-4-11/h5-6,8-9,11,13,15H,3-4,7H2,1-2H3. The molecule has 0 amide bonds. The number of hydrogen-bond acceptors (Lipinski definition) is 1. The third-order valence-corrected chi connectivity index (χ3v) is 2.89. The molecule has 2 nitrogen and oxygen atoms in total. The zero-order valence-corrected chi connectivity index (χ0v) is 9.48. The lowest BCUT2D eigenvalue weighted by molar-refractivity contribution is 0.154. The van der Waals surface area contributed by atoms with E-state index in [9.17, 15) is 5.11 Å². The minimum Gasteiger partial charge on any atom is -0.388 e. The van der Waals surface area contributed by atoms with Crippen LogP contribution < -0.4 is 0 Å². The summed E-state index contributed by atoms with van der Waals surface area (Å²) in [7, 11) is 0. The summed E-state index contributed by atoms with van der Waals surface area (Å²) in [6.07, 6.45) is 8.41. The van der Waals surface area contributed by atoms with Crippen LogP contribution in [0.4, 0.5) is 0 Å². The van der Waals surface area contributed by atoms with Gasteiger partial charge in [-0.1, -0.05) is 11.6 Å². The Morgan fingerprint density at radius 3 is 2.93 bits per heavy atom. The minimum absolute atomic E-state index is 0.238. The first-order valence-electron chi connectivity index (χ1n) is 5.64. The van der Waals surface area contributed by atoms with Crippen molar-refractivity contribution in [3.8, 4) is 0 Å². The van der Waals surface area contributed by atoms with Gasteiger partial charge in [0.15, 0.2) is 0 Å². The molecule has 0 radical (unpaired) electrons. The molecular formula is C13H19NO. The van der Waals surface area contributed by atoms with E-state index in [1.54, 1.807) is 0 Å². The third kappa shape index (κ3) is 2.72. The first-order chi connectivity index (χ1) is 7.16. The van der Waals surface area contributed by atoms with Gasteiger partial charge in [0.2, 0.25) is 0 Å². The average Bonchev–Trinajstić information content (AvgIpc) is 2.93. The highest BCUT2D eigenvalue weighted by Crippen LogP contribution is 2.40. The van der Waals surface area contributed by atoms with Gasteiger partial charge in [-0.25, -0.2) is 0 Å². The number of allylic oxidation sites excluding steroid dienone is 2. The zero-order valence-electron chi connectivity index (χ0n) is 9.48. The van der Waals surface area contributed by atoms with Gasteiger partial charge >= 0.3 is 0 Å². The molecule has 2 rings (SSSR count).